The van der Waals surface area contributed by atoms with Crippen LogP contribution >= 0.6 is 0 Å². The second-order valence-electron chi connectivity index (χ2n) is 3.54. The normalized spacial score (nSPS) is 9.74. The molecule has 0 saturated carbocycles. The van der Waals surface area contributed by atoms with Gasteiger partial charge in [-0.25, -0.2) is 0 Å². The lowest BCUT2D eigenvalue weighted by Crippen LogP contribution is -2.27. The van der Waals surface area contributed by atoms with Crippen molar-refractivity contribution < 1.29 is 19.1 Å². The number of rotatable bonds is 8. The van der Waals surface area contributed by atoms with Crippen molar-refractivity contribution >= 4 is 24.6 Å². The van der Waals surface area contributed by atoms with Gasteiger partial charge in [0.1, 0.15) is 24.3 Å². The van der Waals surface area contributed by atoms with Gasteiger partial charge in [-0.3, -0.25) is 9.79 Å². The number of carbonyl (C=O) groups excluding carboxylic acids is 2. The van der Waals surface area contributed by atoms with Crippen molar-refractivity contribution in [2.75, 3.05) is 26.9 Å². The molecule has 1 rings (SSSR count). The summed E-state index contributed by atoms with van der Waals surface area (Å²) in [5.74, 6) is 0.239. The number of methoxy groups -OCH3 is 1. The predicted molar refractivity (Wildman–Crippen MR) is 71.4 cm³/mol. The van der Waals surface area contributed by atoms with E-state index in [0.29, 0.717) is 29.8 Å². The van der Waals surface area contributed by atoms with Gasteiger partial charge in [0.15, 0.2) is 0 Å². The summed E-state index contributed by atoms with van der Waals surface area (Å²) in [6.07, 6.45) is 0.660. The Morgan fingerprint density at radius 1 is 1.53 bits per heavy atom. The maximum atomic E-state index is 11.8. The Morgan fingerprint density at radius 3 is 2.95 bits per heavy atom. The van der Waals surface area contributed by atoms with Crippen molar-refractivity contribution in [1.82, 2.24) is 5.32 Å². The van der Waals surface area contributed by atoms with E-state index in [1.54, 1.807) is 18.2 Å². The molecule has 0 heterocycles. The number of ether oxygens (including phenoxy) is 2. The van der Waals surface area contributed by atoms with Crippen LogP contribution in [-0.2, 0) is 9.53 Å². The highest BCUT2D eigenvalue weighted by Crippen LogP contribution is 2.27. The molecule has 102 valence electrons. The minimum Gasteiger partial charge on any atom is -0.494 e. The largest absolute Gasteiger partial charge is 0.494 e. The van der Waals surface area contributed by atoms with Crippen molar-refractivity contribution in [2.24, 2.45) is 4.99 Å². The number of hydrogen-bond acceptors (Lipinski definition) is 5. The lowest BCUT2D eigenvalue weighted by molar-refractivity contribution is -0.111. The van der Waals surface area contributed by atoms with Gasteiger partial charge >= 0.3 is 0 Å². The quantitative estimate of drug-likeness (QED) is 0.431. The standard InChI is InChI=1S/C13H16N2O4/c1-14-11-4-3-10(9-12(11)18-2)13(17)15-5-7-19-8-6-16/h3-4,6,9H,1,5,7-8H2,2H3,(H,15,17). The van der Waals surface area contributed by atoms with E-state index >= 15 is 0 Å². The number of hydrogen-bond donors (Lipinski definition) is 1. The van der Waals surface area contributed by atoms with Gasteiger partial charge in [-0.05, 0) is 24.9 Å². The van der Waals surface area contributed by atoms with Crippen molar-refractivity contribution in [1.29, 1.82) is 0 Å². The van der Waals surface area contributed by atoms with E-state index in [9.17, 15) is 9.59 Å². The van der Waals surface area contributed by atoms with Crippen LogP contribution in [0.1, 0.15) is 10.4 Å². The van der Waals surface area contributed by atoms with E-state index in [-0.39, 0.29) is 19.1 Å². The van der Waals surface area contributed by atoms with Crippen molar-refractivity contribution in [3.05, 3.63) is 23.8 Å². The fourth-order valence-corrected chi connectivity index (χ4v) is 1.42. The molecule has 6 nitrogen and oxygen atoms in total. The molecule has 0 aliphatic carbocycles. The van der Waals surface area contributed by atoms with Crippen LogP contribution in [-0.4, -0.2) is 45.8 Å². The van der Waals surface area contributed by atoms with Crippen LogP contribution in [0.15, 0.2) is 23.2 Å². The lowest BCUT2D eigenvalue weighted by atomic mass is 10.2. The maximum Gasteiger partial charge on any atom is 0.251 e. The van der Waals surface area contributed by atoms with Crippen LogP contribution in [0, 0.1) is 0 Å². The number of aldehydes is 1. The van der Waals surface area contributed by atoms with Crippen LogP contribution in [0.25, 0.3) is 0 Å². The second kappa shape index (κ2) is 7.99. The molecule has 0 fully saturated rings. The van der Waals surface area contributed by atoms with E-state index < -0.39 is 0 Å². The molecule has 19 heavy (non-hydrogen) atoms. The van der Waals surface area contributed by atoms with Gasteiger partial charge in [0.25, 0.3) is 5.91 Å². The third kappa shape index (κ3) is 4.51. The number of nitrogens with one attached hydrogen (secondary N) is 1. The molecule has 6 heteroatoms. The zero-order chi connectivity index (χ0) is 14.1. The first-order valence-electron chi connectivity index (χ1n) is 5.67. The molecule has 0 saturated heterocycles. The molecule has 0 radical (unpaired) electrons. The summed E-state index contributed by atoms with van der Waals surface area (Å²) >= 11 is 0. The summed E-state index contributed by atoms with van der Waals surface area (Å²) in [7, 11) is 1.50. The highest BCUT2D eigenvalue weighted by molar-refractivity contribution is 5.95. The molecular formula is C13H16N2O4. The summed E-state index contributed by atoms with van der Waals surface area (Å²) in [4.78, 5) is 25.6. The van der Waals surface area contributed by atoms with Gasteiger partial charge < -0.3 is 19.6 Å². The Hall–Kier alpha value is -2.21. The van der Waals surface area contributed by atoms with E-state index in [1.807, 2.05) is 0 Å². The molecule has 1 amide bonds. The topological polar surface area (TPSA) is 77.0 Å². The average Bonchev–Trinajstić information content (AvgIpc) is 2.46. The van der Waals surface area contributed by atoms with E-state index in [1.165, 1.54) is 7.11 Å². The molecule has 0 spiro atoms. The van der Waals surface area contributed by atoms with Crippen LogP contribution in [0.2, 0.25) is 0 Å². The molecule has 0 aliphatic rings. The Balaban J connectivity index is 2.57. The summed E-state index contributed by atoms with van der Waals surface area (Å²) in [5.41, 5.74) is 1.04. The summed E-state index contributed by atoms with van der Waals surface area (Å²) in [5, 5.41) is 2.66. The molecular weight excluding hydrogens is 248 g/mol. The zero-order valence-electron chi connectivity index (χ0n) is 10.7. The monoisotopic (exact) mass is 264 g/mol. The first kappa shape index (κ1) is 14.8. The van der Waals surface area contributed by atoms with Crippen LogP contribution in [0.4, 0.5) is 5.69 Å². The van der Waals surface area contributed by atoms with Gasteiger partial charge in [-0.1, -0.05) is 0 Å². The average molecular weight is 264 g/mol. The number of nitrogens with zero attached hydrogens (tertiary/aromatic N) is 1. The minimum atomic E-state index is -0.247. The highest BCUT2D eigenvalue weighted by Gasteiger charge is 2.09. The Labute approximate surface area is 111 Å². The van der Waals surface area contributed by atoms with E-state index in [0.717, 1.165) is 0 Å². The lowest BCUT2D eigenvalue weighted by Gasteiger charge is -2.08. The third-order valence-electron chi connectivity index (χ3n) is 2.33. The van der Waals surface area contributed by atoms with Gasteiger partial charge in [0.2, 0.25) is 0 Å². The first-order chi connectivity index (χ1) is 9.22. The van der Waals surface area contributed by atoms with E-state index in [4.69, 9.17) is 9.47 Å². The zero-order valence-corrected chi connectivity index (χ0v) is 10.7. The number of benzene rings is 1. The van der Waals surface area contributed by atoms with Crippen LogP contribution in [0.3, 0.4) is 0 Å². The number of amides is 1. The summed E-state index contributed by atoms with van der Waals surface area (Å²) < 4.78 is 10.0. The van der Waals surface area contributed by atoms with Gasteiger partial charge in [0.05, 0.1) is 13.7 Å². The molecule has 1 aromatic rings. The van der Waals surface area contributed by atoms with Crippen molar-refractivity contribution in [3.63, 3.8) is 0 Å². The molecule has 1 aromatic carbocycles. The molecule has 0 atom stereocenters. The SMILES string of the molecule is C=Nc1ccc(C(=O)NCCOCC=O)cc1OC. The van der Waals surface area contributed by atoms with Gasteiger partial charge in [-0.15, -0.1) is 0 Å². The smallest absolute Gasteiger partial charge is 0.251 e. The Kier molecular flexibility index (Phi) is 6.25. The highest BCUT2D eigenvalue weighted by atomic mass is 16.5. The predicted octanol–water partition coefficient (Wildman–Crippen LogP) is 0.973. The fourth-order valence-electron chi connectivity index (χ4n) is 1.42. The molecule has 1 N–H and O–H groups in total. The maximum absolute atomic E-state index is 11.8. The number of carbonyl (C=O) groups is 2. The Morgan fingerprint density at radius 2 is 2.32 bits per heavy atom. The van der Waals surface area contributed by atoms with Crippen LogP contribution in [0.5, 0.6) is 5.75 Å². The van der Waals surface area contributed by atoms with Gasteiger partial charge in [0, 0.05) is 12.1 Å². The number of aliphatic imine (C=N–C) groups is 1. The van der Waals surface area contributed by atoms with Gasteiger partial charge in [-0.2, -0.15) is 0 Å². The molecule has 0 unspecified atom stereocenters. The van der Waals surface area contributed by atoms with Crippen LogP contribution < -0.4 is 10.1 Å². The third-order valence-corrected chi connectivity index (χ3v) is 2.33. The van der Waals surface area contributed by atoms with Crippen molar-refractivity contribution in [3.8, 4) is 5.75 Å². The molecule has 0 bridgehead atoms. The second-order valence-corrected chi connectivity index (χ2v) is 3.54. The minimum absolute atomic E-state index is 0.0311. The molecule has 0 aliphatic heterocycles. The summed E-state index contributed by atoms with van der Waals surface area (Å²) in [6.45, 7) is 4.06. The van der Waals surface area contributed by atoms with E-state index in [2.05, 4.69) is 17.0 Å². The fraction of sp³-hybridized carbons (Fsp3) is 0.308. The molecule has 0 aromatic heterocycles. The van der Waals surface area contributed by atoms with Crippen molar-refractivity contribution in [2.45, 2.75) is 0 Å². The first-order valence-corrected chi connectivity index (χ1v) is 5.67. The Bertz CT molecular complexity index is 460. The summed E-state index contributed by atoms with van der Waals surface area (Å²) in [6, 6.07) is 4.88.